The molecule has 0 radical (unpaired) electrons. The number of para-hydroxylation sites is 2. The third-order valence-electron chi connectivity index (χ3n) is 10.9. The Morgan fingerprint density at radius 3 is 1.90 bits per heavy atom. The van der Waals surface area contributed by atoms with Crippen molar-refractivity contribution in [3.63, 3.8) is 0 Å². The molecule has 0 N–H and O–H groups in total. The minimum Gasteiger partial charge on any atom is -0.310 e. The minimum atomic E-state index is 1.11. The maximum Gasteiger partial charge on any atom is 0.0561 e. The Kier molecular flexibility index (Phi) is 6.28. The van der Waals surface area contributed by atoms with Crippen molar-refractivity contribution in [2.75, 3.05) is 4.90 Å². The van der Waals surface area contributed by atoms with Gasteiger partial charge in [-0.05, 0) is 104 Å². The summed E-state index contributed by atoms with van der Waals surface area (Å²) in [7, 11) is 0. The first-order chi connectivity index (χ1) is 25.8. The van der Waals surface area contributed by atoms with Crippen molar-refractivity contribution >= 4 is 60.4 Å². The van der Waals surface area contributed by atoms with Crippen molar-refractivity contribution in [3.05, 3.63) is 194 Å². The van der Waals surface area contributed by atoms with Gasteiger partial charge in [-0.2, -0.15) is 0 Å². The summed E-state index contributed by atoms with van der Waals surface area (Å²) in [5.41, 5.74) is 14.5. The molecule has 0 saturated carbocycles. The molecule has 0 fully saturated rings. The van der Waals surface area contributed by atoms with Crippen LogP contribution in [0.1, 0.15) is 0 Å². The Hall–Kier alpha value is -6.90. The predicted octanol–water partition coefficient (Wildman–Crippen LogP) is 13.9. The molecule has 0 amide bonds. The SMILES string of the molecule is c1ccc(-c2cccc(N(c3ccc4c5ccccc5n(-c5ccccc5)c4c3)c3cccc4c3-c3cccc5cc6ccccc6c-4c35)c2)cc1. The number of aromatic nitrogens is 1. The maximum atomic E-state index is 2.48. The first-order valence-corrected chi connectivity index (χ1v) is 17.9. The lowest BCUT2D eigenvalue weighted by Gasteiger charge is -2.29. The number of benzene rings is 9. The fourth-order valence-electron chi connectivity index (χ4n) is 8.66. The van der Waals surface area contributed by atoms with Gasteiger partial charge in [0.25, 0.3) is 0 Å². The van der Waals surface area contributed by atoms with Gasteiger partial charge in [-0.3, -0.25) is 0 Å². The Bertz CT molecular complexity index is 3010. The lowest BCUT2D eigenvalue weighted by atomic mass is 9.96. The lowest BCUT2D eigenvalue weighted by molar-refractivity contribution is 1.18. The molecule has 1 heterocycles. The molecule has 0 bridgehead atoms. The van der Waals surface area contributed by atoms with Crippen molar-refractivity contribution in [1.82, 2.24) is 4.57 Å². The predicted molar refractivity (Wildman–Crippen MR) is 220 cm³/mol. The summed E-state index contributed by atoms with van der Waals surface area (Å²) in [5.74, 6) is 0. The van der Waals surface area contributed by atoms with E-state index in [4.69, 9.17) is 0 Å². The van der Waals surface area contributed by atoms with Gasteiger partial charge in [0.1, 0.15) is 0 Å². The zero-order chi connectivity index (χ0) is 34.2. The fraction of sp³-hybridized carbons (Fsp3) is 0. The van der Waals surface area contributed by atoms with Crippen LogP contribution in [0.2, 0.25) is 0 Å². The van der Waals surface area contributed by atoms with Crippen molar-refractivity contribution in [3.8, 4) is 39.1 Å². The van der Waals surface area contributed by atoms with Crippen molar-refractivity contribution < 1.29 is 0 Å². The topological polar surface area (TPSA) is 8.17 Å². The average Bonchev–Trinajstić information content (AvgIpc) is 3.73. The van der Waals surface area contributed by atoms with Gasteiger partial charge in [0, 0.05) is 33.4 Å². The highest BCUT2D eigenvalue weighted by atomic mass is 15.1. The van der Waals surface area contributed by atoms with Crippen LogP contribution < -0.4 is 4.90 Å². The fourth-order valence-corrected chi connectivity index (χ4v) is 8.66. The molecule has 10 aromatic rings. The summed E-state index contributed by atoms with van der Waals surface area (Å²) in [6.45, 7) is 0. The second kappa shape index (κ2) is 11.3. The van der Waals surface area contributed by atoms with E-state index < -0.39 is 0 Å². The quantitative estimate of drug-likeness (QED) is 0.167. The molecule has 1 aromatic heterocycles. The summed E-state index contributed by atoms with van der Waals surface area (Å²) in [5, 5.41) is 7.67. The summed E-state index contributed by atoms with van der Waals surface area (Å²) >= 11 is 0. The zero-order valence-electron chi connectivity index (χ0n) is 28.4. The van der Waals surface area contributed by atoms with Crippen LogP contribution in [0.5, 0.6) is 0 Å². The van der Waals surface area contributed by atoms with Crippen LogP contribution in [0.4, 0.5) is 17.1 Å². The molecule has 11 rings (SSSR count). The van der Waals surface area contributed by atoms with Gasteiger partial charge in [-0.25, -0.2) is 0 Å². The van der Waals surface area contributed by atoms with E-state index in [0.717, 1.165) is 22.7 Å². The van der Waals surface area contributed by atoms with E-state index in [1.54, 1.807) is 0 Å². The molecule has 2 heteroatoms. The second-order valence-electron chi connectivity index (χ2n) is 13.7. The molecule has 1 aliphatic rings. The van der Waals surface area contributed by atoms with Crippen molar-refractivity contribution in [2.24, 2.45) is 0 Å². The van der Waals surface area contributed by atoms with Crippen LogP contribution in [0, 0.1) is 0 Å². The Morgan fingerprint density at radius 1 is 0.365 bits per heavy atom. The summed E-state index contributed by atoms with van der Waals surface area (Å²) in [6.07, 6.45) is 0. The van der Waals surface area contributed by atoms with Crippen molar-refractivity contribution in [2.45, 2.75) is 0 Å². The molecular weight excluding hydrogens is 629 g/mol. The number of rotatable bonds is 5. The lowest BCUT2D eigenvalue weighted by Crippen LogP contribution is -2.11. The standard InChI is InChI=1S/C50H32N2/c1-3-14-33(15-4-1)34-17-11-21-38(31-34)51(39-28-29-42-41-23-9-10-26-45(41)52(47(42)32-39)37-19-5-2-6-20-37)46-27-13-25-44-49(46)43-24-12-18-36-30-35-16-7-8-22-40(35)50(44)48(36)43/h1-32H. The van der Waals surface area contributed by atoms with Crippen LogP contribution in [0.15, 0.2) is 194 Å². The second-order valence-corrected chi connectivity index (χ2v) is 13.7. The molecule has 2 nitrogen and oxygen atoms in total. The highest BCUT2D eigenvalue weighted by molar-refractivity contribution is 6.26. The Morgan fingerprint density at radius 2 is 1.02 bits per heavy atom. The molecule has 0 unspecified atom stereocenters. The molecule has 1 aliphatic carbocycles. The van der Waals surface area contributed by atoms with Gasteiger partial charge >= 0.3 is 0 Å². The van der Waals surface area contributed by atoms with Crippen molar-refractivity contribution in [1.29, 1.82) is 0 Å². The number of hydrogen-bond acceptors (Lipinski definition) is 1. The van der Waals surface area contributed by atoms with Crippen LogP contribution in [0.25, 0.3) is 82.4 Å². The van der Waals surface area contributed by atoms with E-state index in [9.17, 15) is 0 Å². The van der Waals surface area contributed by atoms with Gasteiger partial charge in [0.15, 0.2) is 0 Å². The van der Waals surface area contributed by atoms with E-state index >= 15 is 0 Å². The molecule has 0 atom stereocenters. The van der Waals surface area contributed by atoms with Gasteiger partial charge in [0.2, 0.25) is 0 Å². The molecule has 52 heavy (non-hydrogen) atoms. The van der Waals surface area contributed by atoms with Gasteiger partial charge in [-0.15, -0.1) is 0 Å². The minimum absolute atomic E-state index is 1.11. The molecule has 9 aromatic carbocycles. The molecule has 0 saturated heterocycles. The number of hydrogen-bond donors (Lipinski definition) is 0. The van der Waals surface area contributed by atoms with Gasteiger partial charge < -0.3 is 9.47 Å². The van der Waals surface area contributed by atoms with Crippen LogP contribution in [-0.4, -0.2) is 4.57 Å². The van der Waals surface area contributed by atoms with E-state index in [-0.39, 0.29) is 0 Å². The number of fused-ring (bicyclic) bond motifs is 8. The van der Waals surface area contributed by atoms with Crippen LogP contribution >= 0.6 is 0 Å². The first-order valence-electron chi connectivity index (χ1n) is 17.9. The Labute approximate surface area is 302 Å². The number of anilines is 3. The van der Waals surface area contributed by atoms with E-state index in [1.807, 2.05) is 0 Å². The normalized spacial score (nSPS) is 11.8. The molecular formula is C50H32N2. The summed E-state index contributed by atoms with van der Waals surface area (Å²) < 4.78 is 2.41. The average molecular weight is 661 g/mol. The first kappa shape index (κ1) is 28.9. The maximum absolute atomic E-state index is 2.48. The van der Waals surface area contributed by atoms with E-state index in [0.29, 0.717) is 0 Å². The Balaban J connectivity index is 1.22. The van der Waals surface area contributed by atoms with Crippen LogP contribution in [-0.2, 0) is 0 Å². The molecule has 0 aliphatic heterocycles. The zero-order valence-corrected chi connectivity index (χ0v) is 28.4. The number of nitrogens with zero attached hydrogens (tertiary/aromatic N) is 2. The van der Waals surface area contributed by atoms with Gasteiger partial charge in [-0.1, -0.05) is 140 Å². The van der Waals surface area contributed by atoms with Crippen LogP contribution in [0.3, 0.4) is 0 Å². The summed E-state index contributed by atoms with van der Waals surface area (Å²) in [6, 6.07) is 71.0. The monoisotopic (exact) mass is 660 g/mol. The van der Waals surface area contributed by atoms with E-state index in [1.165, 1.54) is 76.7 Å². The highest BCUT2D eigenvalue weighted by Gasteiger charge is 2.29. The van der Waals surface area contributed by atoms with Gasteiger partial charge in [0.05, 0.1) is 16.7 Å². The highest BCUT2D eigenvalue weighted by Crippen LogP contribution is 2.55. The molecule has 242 valence electrons. The van der Waals surface area contributed by atoms with E-state index in [2.05, 4.69) is 204 Å². The summed E-state index contributed by atoms with van der Waals surface area (Å²) in [4.78, 5) is 2.48. The third kappa shape index (κ3) is 4.25. The molecule has 0 spiro atoms. The third-order valence-corrected chi connectivity index (χ3v) is 10.9. The smallest absolute Gasteiger partial charge is 0.0561 e. The largest absolute Gasteiger partial charge is 0.310 e.